The number of esters is 1. The van der Waals surface area contributed by atoms with Crippen molar-refractivity contribution in [2.75, 3.05) is 13.7 Å². The molecule has 0 aliphatic carbocycles. The second kappa shape index (κ2) is 6.89. The predicted octanol–water partition coefficient (Wildman–Crippen LogP) is 2.04. The lowest BCUT2D eigenvalue weighted by molar-refractivity contribution is -0.147. The maximum atomic E-state index is 11.9. The van der Waals surface area contributed by atoms with Crippen molar-refractivity contribution in [2.24, 2.45) is 0 Å². The van der Waals surface area contributed by atoms with E-state index in [-0.39, 0.29) is 12.2 Å². The van der Waals surface area contributed by atoms with Crippen molar-refractivity contribution in [2.45, 2.75) is 19.9 Å². The molecule has 1 aromatic heterocycles. The van der Waals surface area contributed by atoms with Crippen LogP contribution < -0.4 is 10.3 Å². The van der Waals surface area contributed by atoms with Crippen LogP contribution in [0.3, 0.4) is 0 Å². The molecule has 2 rings (SSSR count). The van der Waals surface area contributed by atoms with E-state index in [1.807, 2.05) is 24.3 Å². The minimum atomic E-state index is -0.780. The average molecular weight is 302 g/mol. The van der Waals surface area contributed by atoms with E-state index >= 15 is 0 Å². The van der Waals surface area contributed by atoms with E-state index in [0.29, 0.717) is 11.4 Å². The van der Waals surface area contributed by atoms with E-state index in [4.69, 9.17) is 9.47 Å². The third-order valence-electron chi connectivity index (χ3n) is 3.19. The van der Waals surface area contributed by atoms with Crippen molar-refractivity contribution in [3.63, 3.8) is 0 Å². The van der Waals surface area contributed by atoms with Gasteiger partial charge in [0.05, 0.1) is 19.4 Å². The van der Waals surface area contributed by atoms with Crippen LogP contribution in [-0.2, 0) is 9.53 Å². The first kappa shape index (κ1) is 15.8. The van der Waals surface area contributed by atoms with Crippen LogP contribution in [0.4, 0.5) is 0 Å². The highest BCUT2D eigenvalue weighted by Crippen LogP contribution is 2.21. The van der Waals surface area contributed by atoms with Crippen molar-refractivity contribution in [3.8, 4) is 17.0 Å². The van der Waals surface area contributed by atoms with E-state index in [0.717, 1.165) is 10.2 Å². The van der Waals surface area contributed by atoms with Crippen molar-refractivity contribution >= 4 is 5.97 Å². The van der Waals surface area contributed by atoms with Crippen LogP contribution in [0.1, 0.15) is 19.9 Å². The Balaban J connectivity index is 2.41. The van der Waals surface area contributed by atoms with E-state index in [1.165, 1.54) is 6.07 Å². The Morgan fingerprint density at radius 1 is 1.32 bits per heavy atom. The fourth-order valence-corrected chi connectivity index (χ4v) is 2.00. The molecule has 1 atom stereocenters. The van der Waals surface area contributed by atoms with Crippen LogP contribution in [0, 0.1) is 0 Å². The summed E-state index contributed by atoms with van der Waals surface area (Å²) in [5.41, 5.74) is 1.02. The molecule has 0 unspecified atom stereocenters. The van der Waals surface area contributed by atoms with E-state index in [2.05, 4.69) is 5.10 Å². The molecule has 0 spiro atoms. The minimum Gasteiger partial charge on any atom is -0.497 e. The first-order chi connectivity index (χ1) is 10.6. The molecular weight excluding hydrogens is 284 g/mol. The molecule has 0 bridgehead atoms. The molecule has 0 aliphatic heterocycles. The van der Waals surface area contributed by atoms with Gasteiger partial charge in [0.25, 0.3) is 5.56 Å². The van der Waals surface area contributed by atoms with Gasteiger partial charge in [0.2, 0.25) is 0 Å². The minimum absolute atomic E-state index is 0.257. The number of carbonyl (C=O) groups is 1. The lowest BCUT2D eigenvalue weighted by atomic mass is 10.1. The molecule has 0 saturated heterocycles. The number of carbonyl (C=O) groups excluding carboxylic acids is 1. The number of rotatable bonds is 5. The Bertz CT molecular complexity index is 724. The zero-order chi connectivity index (χ0) is 16.1. The summed E-state index contributed by atoms with van der Waals surface area (Å²) in [7, 11) is 1.58. The lowest BCUT2D eigenvalue weighted by Gasteiger charge is -2.13. The van der Waals surface area contributed by atoms with Gasteiger partial charge in [-0.15, -0.1) is 0 Å². The Morgan fingerprint density at radius 3 is 2.77 bits per heavy atom. The molecule has 116 valence electrons. The summed E-state index contributed by atoms with van der Waals surface area (Å²) in [5, 5.41) is 4.27. The quantitative estimate of drug-likeness (QED) is 0.790. The molecule has 1 aromatic carbocycles. The van der Waals surface area contributed by atoms with E-state index < -0.39 is 12.0 Å². The highest BCUT2D eigenvalue weighted by atomic mass is 16.5. The Morgan fingerprint density at radius 2 is 2.09 bits per heavy atom. The molecule has 0 N–H and O–H groups in total. The average Bonchev–Trinajstić information content (AvgIpc) is 2.55. The van der Waals surface area contributed by atoms with Gasteiger partial charge in [0.15, 0.2) is 6.04 Å². The summed E-state index contributed by atoms with van der Waals surface area (Å²) in [4.78, 5) is 23.7. The maximum absolute atomic E-state index is 11.9. The van der Waals surface area contributed by atoms with E-state index in [9.17, 15) is 9.59 Å². The van der Waals surface area contributed by atoms with Gasteiger partial charge in [-0.05, 0) is 32.0 Å². The van der Waals surface area contributed by atoms with Gasteiger partial charge in [-0.25, -0.2) is 9.48 Å². The highest BCUT2D eigenvalue weighted by Gasteiger charge is 2.19. The fourth-order valence-electron chi connectivity index (χ4n) is 2.00. The van der Waals surface area contributed by atoms with Gasteiger partial charge in [-0.3, -0.25) is 4.79 Å². The SMILES string of the molecule is CCOC(=O)[C@H](C)n1nc(-c2cccc(OC)c2)ccc1=O. The molecule has 6 nitrogen and oxygen atoms in total. The zero-order valence-electron chi connectivity index (χ0n) is 12.8. The number of hydrogen-bond donors (Lipinski definition) is 0. The van der Waals surface area contributed by atoms with Crippen LogP contribution in [0.25, 0.3) is 11.3 Å². The first-order valence-corrected chi connectivity index (χ1v) is 6.97. The molecule has 0 radical (unpaired) electrons. The van der Waals surface area contributed by atoms with Crippen LogP contribution in [0.15, 0.2) is 41.2 Å². The Labute approximate surface area is 128 Å². The number of benzene rings is 1. The van der Waals surface area contributed by atoms with Gasteiger partial charge in [0.1, 0.15) is 5.75 Å². The van der Waals surface area contributed by atoms with Crippen LogP contribution in [-0.4, -0.2) is 29.5 Å². The predicted molar refractivity (Wildman–Crippen MR) is 81.8 cm³/mol. The van der Waals surface area contributed by atoms with Crippen molar-refractivity contribution in [1.82, 2.24) is 9.78 Å². The van der Waals surface area contributed by atoms with Gasteiger partial charge >= 0.3 is 5.97 Å². The summed E-state index contributed by atoms with van der Waals surface area (Å²) >= 11 is 0. The maximum Gasteiger partial charge on any atom is 0.330 e. The standard InChI is InChI=1S/C16H18N2O4/c1-4-22-16(20)11(2)18-15(19)9-8-14(17-18)12-6-5-7-13(10-12)21-3/h5-11H,4H2,1-3H3/t11-/m0/s1. The summed E-state index contributed by atoms with van der Waals surface area (Å²) in [6.45, 7) is 3.56. The molecule has 0 fully saturated rings. The molecule has 6 heteroatoms. The second-order valence-electron chi connectivity index (χ2n) is 4.66. The molecule has 0 aliphatic rings. The topological polar surface area (TPSA) is 70.4 Å². The monoisotopic (exact) mass is 302 g/mol. The van der Waals surface area contributed by atoms with Gasteiger partial charge < -0.3 is 9.47 Å². The molecular formula is C16H18N2O4. The number of methoxy groups -OCH3 is 1. The Hall–Kier alpha value is -2.63. The molecule has 2 aromatic rings. The fraction of sp³-hybridized carbons (Fsp3) is 0.312. The van der Waals surface area contributed by atoms with Crippen LogP contribution >= 0.6 is 0 Å². The second-order valence-corrected chi connectivity index (χ2v) is 4.66. The molecule has 0 saturated carbocycles. The summed E-state index contributed by atoms with van der Waals surface area (Å²) < 4.78 is 11.2. The third kappa shape index (κ3) is 3.33. The number of ether oxygens (including phenoxy) is 2. The molecule has 0 amide bonds. The first-order valence-electron chi connectivity index (χ1n) is 6.97. The zero-order valence-corrected chi connectivity index (χ0v) is 12.8. The van der Waals surface area contributed by atoms with Crippen LogP contribution in [0.2, 0.25) is 0 Å². The van der Waals surface area contributed by atoms with Crippen LogP contribution in [0.5, 0.6) is 5.75 Å². The van der Waals surface area contributed by atoms with Crippen molar-refractivity contribution in [1.29, 1.82) is 0 Å². The number of aromatic nitrogens is 2. The molecule has 22 heavy (non-hydrogen) atoms. The lowest BCUT2D eigenvalue weighted by Crippen LogP contribution is -2.31. The highest BCUT2D eigenvalue weighted by molar-refractivity contribution is 5.73. The summed E-state index contributed by atoms with van der Waals surface area (Å²) in [5.74, 6) is 0.204. The number of hydrogen-bond acceptors (Lipinski definition) is 5. The van der Waals surface area contributed by atoms with Crippen molar-refractivity contribution < 1.29 is 14.3 Å². The smallest absolute Gasteiger partial charge is 0.330 e. The van der Waals surface area contributed by atoms with Crippen molar-refractivity contribution in [3.05, 3.63) is 46.8 Å². The van der Waals surface area contributed by atoms with E-state index in [1.54, 1.807) is 27.0 Å². The largest absolute Gasteiger partial charge is 0.497 e. The molecule has 1 heterocycles. The summed E-state index contributed by atoms with van der Waals surface area (Å²) in [6, 6.07) is 9.54. The van der Waals surface area contributed by atoms with Gasteiger partial charge in [-0.1, -0.05) is 12.1 Å². The van der Waals surface area contributed by atoms with Gasteiger partial charge in [-0.2, -0.15) is 5.10 Å². The van der Waals surface area contributed by atoms with Gasteiger partial charge in [0, 0.05) is 11.6 Å². The Kier molecular flexibility index (Phi) is 4.93. The third-order valence-corrected chi connectivity index (χ3v) is 3.19. The summed E-state index contributed by atoms with van der Waals surface area (Å²) in [6.07, 6.45) is 0. The normalized spacial score (nSPS) is 11.8. The number of nitrogens with zero attached hydrogens (tertiary/aromatic N) is 2.